The maximum atomic E-state index is 9.37. The number of hydrogen-bond acceptors (Lipinski definition) is 5. The number of ether oxygens (including phenoxy) is 2. The molecule has 0 saturated carbocycles. The van der Waals surface area contributed by atoms with Crippen LogP contribution in [0.3, 0.4) is 0 Å². The lowest BCUT2D eigenvalue weighted by atomic mass is 10.0. The molecule has 2 bridgehead atoms. The van der Waals surface area contributed by atoms with Gasteiger partial charge in [-0.15, -0.1) is 0 Å². The van der Waals surface area contributed by atoms with Crippen LogP contribution >= 0.6 is 0 Å². The van der Waals surface area contributed by atoms with E-state index < -0.39 is 17.6 Å². The number of hydrogen-bond donors (Lipinski definition) is 3. The molecule has 5 nitrogen and oxygen atoms in total. The van der Waals surface area contributed by atoms with Crippen LogP contribution < -0.4 is 5.32 Å². The van der Waals surface area contributed by atoms with Crippen molar-refractivity contribution in [3.05, 3.63) is 0 Å². The quantitative estimate of drug-likeness (QED) is 0.448. The van der Waals surface area contributed by atoms with E-state index in [-0.39, 0.29) is 13.2 Å². The molecule has 0 radical (unpaired) electrons. The van der Waals surface area contributed by atoms with Crippen molar-refractivity contribution in [3.8, 4) is 0 Å². The Kier molecular flexibility index (Phi) is 1.68. The molecule has 3 N–H and O–H groups in total. The molecular formula is C7H13NO4. The molecule has 0 aromatic rings. The van der Waals surface area contributed by atoms with Crippen molar-refractivity contribution in [2.75, 3.05) is 19.8 Å². The van der Waals surface area contributed by atoms with Crippen LogP contribution in [0.4, 0.5) is 0 Å². The molecule has 0 aromatic carbocycles. The van der Waals surface area contributed by atoms with Crippen LogP contribution in [0, 0.1) is 0 Å². The Morgan fingerprint density at radius 1 is 1.58 bits per heavy atom. The van der Waals surface area contributed by atoms with Gasteiger partial charge in [-0.25, -0.2) is 0 Å². The van der Waals surface area contributed by atoms with Gasteiger partial charge in [-0.05, 0) is 6.92 Å². The van der Waals surface area contributed by atoms with Gasteiger partial charge in [0.05, 0.1) is 25.4 Å². The van der Waals surface area contributed by atoms with Gasteiger partial charge in [0.2, 0.25) is 0 Å². The second-order valence-electron chi connectivity index (χ2n) is 3.62. The van der Waals surface area contributed by atoms with Crippen LogP contribution in [0.2, 0.25) is 0 Å². The van der Waals surface area contributed by atoms with Crippen LogP contribution in [0.5, 0.6) is 0 Å². The normalized spacial score (nSPS) is 52.8. The summed E-state index contributed by atoms with van der Waals surface area (Å²) in [5.41, 5.74) is -1.38. The Bertz CT molecular complexity index is 191. The van der Waals surface area contributed by atoms with Crippen molar-refractivity contribution < 1.29 is 19.7 Å². The summed E-state index contributed by atoms with van der Waals surface area (Å²) in [5, 5.41) is 21.5. The van der Waals surface area contributed by atoms with E-state index >= 15 is 0 Å². The average Bonchev–Trinajstić information content (AvgIpc) is 2.36. The fraction of sp³-hybridized carbons (Fsp3) is 1.00. The summed E-state index contributed by atoms with van der Waals surface area (Å²) in [4.78, 5) is 0. The molecular weight excluding hydrogens is 162 g/mol. The molecule has 0 aliphatic carbocycles. The van der Waals surface area contributed by atoms with Gasteiger partial charge in [-0.2, -0.15) is 0 Å². The number of aliphatic hydroxyl groups is 2. The van der Waals surface area contributed by atoms with Crippen molar-refractivity contribution in [1.29, 1.82) is 0 Å². The third kappa shape index (κ3) is 0.982. The summed E-state index contributed by atoms with van der Waals surface area (Å²) in [7, 11) is 0. The predicted octanol–water partition coefficient (Wildman–Crippen LogP) is -1.60. The van der Waals surface area contributed by atoms with Crippen molar-refractivity contribution in [2.45, 2.75) is 24.5 Å². The Morgan fingerprint density at radius 2 is 2.33 bits per heavy atom. The minimum Gasteiger partial charge on any atom is -0.394 e. The van der Waals surface area contributed by atoms with E-state index in [0.29, 0.717) is 6.61 Å². The average molecular weight is 175 g/mol. The van der Waals surface area contributed by atoms with Gasteiger partial charge in [-0.3, -0.25) is 5.32 Å². The van der Waals surface area contributed by atoms with Crippen LogP contribution in [0.15, 0.2) is 0 Å². The smallest absolute Gasteiger partial charge is 0.197 e. The number of rotatable bonds is 1. The van der Waals surface area contributed by atoms with E-state index in [1.165, 1.54) is 0 Å². The standard InChI is InChI=1S/C7H13NO4/c1-6-5(10)11-3-7(2-9,8-6)4-12-6/h5,8-10H,2-4H2,1H3. The number of aliphatic hydroxyl groups excluding tert-OH is 2. The molecule has 0 amide bonds. The highest BCUT2D eigenvalue weighted by Gasteiger charge is 2.54. The summed E-state index contributed by atoms with van der Waals surface area (Å²) in [6.45, 7) is 2.31. The molecule has 2 saturated heterocycles. The Morgan fingerprint density at radius 3 is 3.00 bits per heavy atom. The maximum Gasteiger partial charge on any atom is 0.197 e. The van der Waals surface area contributed by atoms with Crippen molar-refractivity contribution >= 4 is 0 Å². The van der Waals surface area contributed by atoms with Crippen molar-refractivity contribution in [1.82, 2.24) is 5.32 Å². The van der Waals surface area contributed by atoms with Gasteiger partial charge in [0.15, 0.2) is 12.0 Å². The van der Waals surface area contributed by atoms with Gasteiger partial charge in [0, 0.05) is 0 Å². The van der Waals surface area contributed by atoms with Gasteiger partial charge in [0.1, 0.15) is 0 Å². The minimum atomic E-state index is -0.959. The molecule has 2 heterocycles. The summed E-state index contributed by atoms with van der Waals surface area (Å²) in [5.74, 6) is 0. The zero-order valence-corrected chi connectivity index (χ0v) is 6.91. The summed E-state index contributed by atoms with van der Waals surface area (Å²) in [6.07, 6.45) is -0.959. The van der Waals surface area contributed by atoms with Crippen LogP contribution in [0.1, 0.15) is 6.92 Å². The van der Waals surface area contributed by atoms with Crippen LogP contribution in [-0.4, -0.2) is 47.6 Å². The second kappa shape index (κ2) is 2.40. The number of morpholine rings is 1. The van der Waals surface area contributed by atoms with Gasteiger partial charge >= 0.3 is 0 Å². The van der Waals surface area contributed by atoms with Crippen LogP contribution in [-0.2, 0) is 9.47 Å². The molecule has 0 aromatic heterocycles. The van der Waals surface area contributed by atoms with Gasteiger partial charge in [-0.1, -0.05) is 0 Å². The van der Waals surface area contributed by atoms with Crippen molar-refractivity contribution in [2.24, 2.45) is 0 Å². The lowest BCUT2D eigenvalue weighted by Crippen LogP contribution is -2.65. The Balaban J connectivity index is 2.20. The zero-order chi connectivity index (χ0) is 8.82. The number of nitrogens with one attached hydrogen (secondary N) is 1. The third-order valence-corrected chi connectivity index (χ3v) is 2.45. The SMILES string of the molecule is CC12NC(CO)(COC1O)CO2. The summed E-state index contributed by atoms with van der Waals surface area (Å²) >= 11 is 0. The lowest BCUT2D eigenvalue weighted by Gasteiger charge is -2.38. The third-order valence-electron chi connectivity index (χ3n) is 2.45. The molecule has 2 fully saturated rings. The predicted molar refractivity (Wildman–Crippen MR) is 39.3 cm³/mol. The second-order valence-corrected chi connectivity index (χ2v) is 3.62. The first-order valence-electron chi connectivity index (χ1n) is 3.94. The van der Waals surface area contributed by atoms with Gasteiger partial charge in [0.25, 0.3) is 0 Å². The molecule has 2 aliphatic rings. The molecule has 2 rings (SSSR count). The maximum absolute atomic E-state index is 9.37. The Hall–Kier alpha value is -0.200. The molecule has 3 unspecified atom stereocenters. The summed E-state index contributed by atoms with van der Waals surface area (Å²) < 4.78 is 10.4. The van der Waals surface area contributed by atoms with Gasteiger partial charge < -0.3 is 19.7 Å². The topological polar surface area (TPSA) is 71.0 Å². The van der Waals surface area contributed by atoms with Crippen LogP contribution in [0.25, 0.3) is 0 Å². The molecule has 0 spiro atoms. The first-order valence-corrected chi connectivity index (χ1v) is 3.94. The number of fused-ring (bicyclic) bond motifs is 2. The fourth-order valence-corrected chi connectivity index (χ4v) is 1.63. The highest BCUT2D eigenvalue weighted by Crippen LogP contribution is 2.31. The largest absolute Gasteiger partial charge is 0.394 e. The monoisotopic (exact) mass is 175 g/mol. The highest BCUT2D eigenvalue weighted by molar-refractivity contribution is 5.02. The molecule has 2 aliphatic heterocycles. The molecule has 12 heavy (non-hydrogen) atoms. The lowest BCUT2D eigenvalue weighted by molar-refractivity contribution is -0.232. The first kappa shape index (κ1) is 8.40. The van der Waals surface area contributed by atoms with E-state index in [0.717, 1.165) is 0 Å². The first-order chi connectivity index (χ1) is 5.60. The van der Waals surface area contributed by atoms with E-state index in [1.807, 2.05) is 0 Å². The molecule has 5 heteroatoms. The van der Waals surface area contributed by atoms with E-state index in [4.69, 9.17) is 14.6 Å². The van der Waals surface area contributed by atoms with E-state index in [2.05, 4.69) is 5.32 Å². The highest BCUT2D eigenvalue weighted by atomic mass is 16.7. The van der Waals surface area contributed by atoms with E-state index in [9.17, 15) is 5.11 Å². The summed E-state index contributed by atoms with van der Waals surface area (Å²) in [6, 6.07) is 0. The van der Waals surface area contributed by atoms with E-state index in [1.54, 1.807) is 6.92 Å². The minimum absolute atomic E-state index is 0.0463. The van der Waals surface area contributed by atoms with Crippen molar-refractivity contribution in [3.63, 3.8) is 0 Å². The fourth-order valence-electron chi connectivity index (χ4n) is 1.63. The molecule has 3 atom stereocenters. The Labute approximate surface area is 70.3 Å². The molecule has 70 valence electrons. The zero-order valence-electron chi connectivity index (χ0n) is 6.91.